The summed E-state index contributed by atoms with van der Waals surface area (Å²) in [4.78, 5) is 0. The summed E-state index contributed by atoms with van der Waals surface area (Å²) in [5.74, 6) is 7.95. The maximum absolute atomic E-state index is 13.4. The van der Waals surface area contributed by atoms with Crippen LogP contribution < -0.4 is 0 Å². The molecule has 376 valence electrons. The minimum atomic E-state index is -0.597. The van der Waals surface area contributed by atoms with Crippen LogP contribution in [0.15, 0.2) is 170 Å². The topological polar surface area (TPSA) is 0 Å². The first kappa shape index (κ1) is 54.1. The minimum absolute atomic E-state index is 0.498. The molecule has 0 atom stereocenters. The Hall–Kier alpha value is -7.68. The Morgan fingerprint density at radius 2 is 0.459 bits per heavy atom. The average molecular weight is 1000 g/mol. The normalized spacial score (nSPS) is 10.7. The van der Waals surface area contributed by atoms with Crippen LogP contribution in [0.2, 0.25) is 0 Å². The van der Waals surface area contributed by atoms with E-state index in [1.807, 2.05) is 97.1 Å². The Bertz CT molecular complexity index is 2890. The third kappa shape index (κ3) is 17.8. The molecule has 0 bridgehead atoms. The van der Waals surface area contributed by atoms with Gasteiger partial charge in [0, 0.05) is 48.2 Å². The second-order valence-corrected chi connectivity index (χ2v) is 18.3. The van der Waals surface area contributed by atoms with E-state index in [0.29, 0.717) is 22.3 Å². The highest BCUT2D eigenvalue weighted by atomic mass is 19.2. The first-order valence-electron chi connectivity index (χ1n) is 25.1. The van der Waals surface area contributed by atoms with Crippen LogP contribution in [0.5, 0.6) is 0 Å². The Balaban J connectivity index is 0.000000216. The predicted molar refractivity (Wildman–Crippen MR) is 284 cm³/mol. The maximum atomic E-state index is 13.4. The highest BCUT2D eigenvalue weighted by molar-refractivity contribution is 5.67. The quantitative estimate of drug-likeness (QED) is 0.0457. The summed E-state index contributed by atoms with van der Waals surface area (Å²) in [6.07, 6.45) is 14.9. The lowest BCUT2D eigenvalue weighted by atomic mass is 9.99. The molecule has 0 radical (unpaired) electrons. The lowest BCUT2D eigenvalue weighted by Gasteiger charge is -2.07. The summed E-state index contributed by atoms with van der Waals surface area (Å²) < 4.78 is 107. The SMILES string of the molecule is Fc1cc(F)cc(-c2ccc(C#CCCCCCC#Cc3ccc(-c4cc(F)cc(F)c4)cc3)cc2)c1.Fc1cc(F)cc(-c2ccc(CCCCCCCCCc3ccc(-c4cc(F)cc(F)c4)cc3)cc2)c1. The number of aryl methyl sites for hydroxylation is 2. The van der Waals surface area contributed by atoms with Gasteiger partial charge in [0.15, 0.2) is 0 Å². The van der Waals surface area contributed by atoms with Crippen LogP contribution in [0.1, 0.15) is 99.3 Å². The molecule has 0 aromatic heterocycles. The van der Waals surface area contributed by atoms with Crippen molar-refractivity contribution in [2.24, 2.45) is 0 Å². The molecular formula is C66H56F8. The van der Waals surface area contributed by atoms with Gasteiger partial charge in [0.25, 0.3) is 0 Å². The molecule has 0 aliphatic carbocycles. The Kier molecular flexibility index (Phi) is 20.4. The van der Waals surface area contributed by atoms with Gasteiger partial charge in [-0.1, -0.05) is 135 Å². The van der Waals surface area contributed by atoms with E-state index in [1.54, 1.807) is 0 Å². The van der Waals surface area contributed by atoms with Crippen LogP contribution in [0.25, 0.3) is 44.5 Å². The second-order valence-electron chi connectivity index (χ2n) is 18.3. The van der Waals surface area contributed by atoms with Gasteiger partial charge in [0.05, 0.1) is 0 Å². The van der Waals surface area contributed by atoms with E-state index < -0.39 is 46.5 Å². The minimum Gasteiger partial charge on any atom is -0.207 e. The van der Waals surface area contributed by atoms with Gasteiger partial charge >= 0.3 is 0 Å². The highest BCUT2D eigenvalue weighted by Crippen LogP contribution is 2.27. The molecule has 8 rings (SSSR count). The third-order valence-corrected chi connectivity index (χ3v) is 12.5. The summed E-state index contributed by atoms with van der Waals surface area (Å²) in [5, 5.41) is 0. The van der Waals surface area contributed by atoms with E-state index >= 15 is 0 Å². The molecule has 0 amide bonds. The van der Waals surface area contributed by atoms with E-state index in [-0.39, 0.29) is 0 Å². The van der Waals surface area contributed by atoms with Crippen molar-refractivity contribution in [2.45, 2.75) is 89.9 Å². The van der Waals surface area contributed by atoms with Crippen LogP contribution >= 0.6 is 0 Å². The summed E-state index contributed by atoms with van der Waals surface area (Å²) in [5.41, 5.74) is 9.44. The fraction of sp³-hybridized carbons (Fsp3) is 0.212. The molecule has 0 nitrogen and oxygen atoms in total. The molecule has 8 aromatic rings. The van der Waals surface area contributed by atoms with Crippen molar-refractivity contribution < 1.29 is 35.1 Å². The zero-order valence-corrected chi connectivity index (χ0v) is 41.1. The Morgan fingerprint density at radius 1 is 0.230 bits per heavy atom. The lowest BCUT2D eigenvalue weighted by molar-refractivity contribution is 0.579. The Labute approximate surface area is 430 Å². The average Bonchev–Trinajstić information content (AvgIpc) is 3.37. The van der Waals surface area contributed by atoms with Crippen LogP contribution in [0.4, 0.5) is 35.1 Å². The van der Waals surface area contributed by atoms with Crippen molar-refractivity contribution in [3.63, 3.8) is 0 Å². The zero-order chi connectivity index (χ0) is 52.1. The summed E-state index contributed by atoms with van der Waals surface area (Å²) >= 11 is 0. The van der Waals surface area contributed by atoms with Crippen molar-refractivity contribution in [3.05, 3.63) is 239 Å². The number of hydrogen-bond acceptors (Lipinski definition) is 0. The molecule has 0 spiro atoms. The molecule has 0 aliphatic rings. The first-order chi connectivity index (χ1) is 35.9. The fourth-order valence-corrected chi connectivity index (χ4v) is 8.58. The fourth-order valence-electron chi connectivity index (χ4n) is 8.58. The molecule has 0 unspecified atom stereocenters. The number of unbranched alkanes of at least 4 members (excludes halogenated alkanes) is 10. The van der Waals surface area contributed by atoms with Crippen LogP contribution in [0, 0.1) is 70.2 Å². The van der Waals surface area contributed by atoms with Gasteiger partial charge in [-0.05, 0) is 167 Å². The molecule has 0 heterocycles. The molecular weight excluding hydrogens is 945 g/mol. The maximum Gasteiger partial charge on any atom is 0.126 e. The first-order valence-corrected chi connectivity index (χ1v) is 25.1. The molecule has 8 heteroatoms. The van der Waals surface area contributed by atoms with E-state index in [4.69, 9.17) is 0 Å². The molecule has 0 saturated carbocycles. The van der Waals surface area contributed by atoms with Crippen LogP contribution in [0.3, 0.4) is 0 Å². The molecule has 0 saturated heterocycles. The number of halogens is 8. The van der Waals surface area contributed by atoms with Crippen LogP contribution in [-0.2, 0) is 12.8 Å². The van der Waals surface area contributed by atoms with Gasteiger partial charge < -0.3 is 0 Å². The molecule has 8 aromatic carbocycles. The number of rotatable bonds is 18. The van der Waals surface area contributed by atoms with Gasteiger partial charge in [-0.15, -0.1) is 0 Å². The smallest absolute Gasteiger partial charge is 0.126 e. The molecule has 74 heavy (non-hydrogen) atoms. The van der Waals surface area contributed by atoms with Crippen molar-refractivity contribution in [1.82, 2.24) is 0 Å². The van der Waals surface area contributed by atoms with Crippen molar-refractivity contribution in [1.29, 1.82) is 0 Å². The van der Waals surface area contributed by atoms with Gasteiger partial charge in [0.2, 0.25) is 0 Å². The number of hydrogen-bond donors (Lipinski definition) is 0. The molecule has 0 N–H and O–H groups in total. The largest absolute Gasteiger partial charge is 0.207 e. The van der Waals surface area contributed by atoms with Gasteiger partial charge in [-0.25, -0.2) is 35.1 Å². The molecule has 0 fully saturated rings. The third-order valence-electron chi connectivity index (χ3n) is 12.5. The standard InChI is InChI=1S/C33H32F4.C33H24F4/c2*34-30-18-28(19-31(35)22-30)26-14-10-24(11-15-26)8-6-4-2-1-3-5-7-9-25-12-16-27(17-13-25)29-20-32(36)23-33(37)21-29/h10-23H,1-9H2;10-23H,1-5H2. The zero-order valence-electron chi connectivity index (χ0n) is 41.1. The summed E-state index contributed by atoms with van der Waals surface area (Å²) in [6, 6.07) is 44.7. The number of benzene rings is 8. The summed E-state index contributed by atoms with van der Waals surface area (Å²) in [7, 11) is 0. The van der Waals surface area contributed by atoms with E-state index in [9.17, 15) is 35.1 Å². The van der Waals surface area contributed by atoms with Crippen LogP contribution in [-0.4, -0.2) is 0 Å². The van der Waals surface area contributed by atoms with E-state index in [1.165, 1.54) is 91.8 Å². The predicted octanol–water partition coefficient (Wildman–Crippen LogP) is 19.0. The van der Waals surface area contributed by atoms with Gasteiger partial charge in [-0.3, -0.25) is 0 Å². The lowest BCUT2D eigenvalue weighted by Crippen LogP contribution is -1.89. The monoisotopic (exact) mass is 1000 g/mol. The highest BCUT2D eigenvalue weighted by Gasteiger charge is 2.08. The molecule has 0 aliphatic heterocycles. The van der Waals surface area contributed by atoms with Crippen molar-refractivity contribution >= 4 is 0 Å². The van der Waals surface area contributed by atoms with Crippen molar-refractivity contribution in [2.75, 3.05) is 0 Å². The van der Waals surface area contributed by atoms with Gasteiger partial charge in [0.1, 0.15) is 46.5 Å². The Morgan fingerprint density at radius 3 is 0.730 bits per heavy atom. The van der Waals surface area contributed by atoms with Gasteiger partial charge in [-0.2, -0.15) is 0 Å². The van der Waals surface area contributed by atoms with Crippen molar-refractivity contribution in [3.8, 4) is 68.2 Å². The van der Waals surface area contributed by atoms with E-state index in [2.05, 4.69) is 23.7 Å². The van der Waals surface area contributed by atoms with E-state index in [0.717, 1.165) is 115 Å². The second kappa shape index (κ2) is 28.0. The summed E-state index contributed by atoms with van der Waals surface area (Å²) in [6.45, 7) is 0.